The molecule has 0 aromatic heterocycles. The third kappa shape index (κ3) is 4.55. The van der Waals surface area contributed by atoms with E-state index in [0.29, 0.717) is 5.56 Å². The van der Waals surface area contributed by atoms with Crippen LogP contribution in [0.25, 0.3) is 6.08 Å². The van der Waals surface area contributed by atoms with E-state index < -0.39 is 21.7 Å². The molecule has 0 atom stereocenters. The predicted octanol–water partition coefficient (Wildman–Crippen LogP) is 3.39. The summed E-state index contributed by atoms with van der Waals surface area (Å²) in [7, 11) is -2.75. The van der Waals surface area contributed by atoms with Crippen molar-refractivity contribution in [3.8, 4) is 11.5 Å². The zero-order valence-corrected chi connectivity index (χ0v) is 17.4. The van der Waals surface area contributed by atoms with Crippen molar-refractivity contribution in [3.05, 3.63) is 71.4 Å². The van der Waals surface area contributed by atoms with Crippen molar-refractivity contribution >= 4 is 38.9 Å². The summed E-state index contributed by atoms with van der Waals surface area (Å²) in [5.41, 5.74) is 0.571. The van der Waals surface area contributed by atoms with Crippen molar-refractivity contribution in [3.63, 3.8) is 0 Å². The second kappa shape index (κ2) is 8.72. The van der Waals surface area contributed by atoms with Gasteiger partial charge < -0.3 is 9.84 Å². The number of sulfonamides is 1. The van der Waals surface area contributed by atoms with E-state index in [2.05, 4.69) is 11.0 Å². The van der Waals surface area contributed by atoms with E-state index >= 15 is 0 Å². The largest absolute Gasteiger partial charge is 0.504 e. The minimum absolute atomic E-state index is 0.0405. The zero-order chi connectivity index (χ0) is 21.9. The van der Waals surface area contributed by atoms with Crippen LogP contribution in [0, 0.1) is 5.82 Å². The quantitative estimate of drug-likeness (QED) is 0.538. The van der Waals surface area contributed by atoms with Gasteiger partial charge in [-0.3, -0.25) is 9.69 Å². The highest BCUT2D eigenvalue weighted by Crippen LogP contribution is 2.35. The third-order valence-corrected chi connectivity index (χ3v) is 6.41. The fraction of sp³-hybridized carbons (Fsp3) is 0.100. The highest BCUT2D eigenvalue weighted by Gasteiger charge is 2.34. The number of aromatic hydroxyl groups is 1. The van der Waals surface area contributed by atoms with E-state index in [1.807, 2.05) is 0 Å². The van der Waals surface area contributed by atoms with Gasteiger partial charge in [-0.05, 0) is 59.8 Å². The van der Waals surface area contributed by atoms with Crippen molar-refractivity contribution < 1.29 is 27.4 Å². The summed E-state index contributed by atoms with van der Waals surface area (Å²) in [5, 5.41) is 9.67. The summed E-state index contributed by atoms with van der Waals surface area (Å²) in [6.45, 7) is 3.64. The standard InChI is InChI=1S/C20H17FN2O5S2/c1-3-10-23-19(25)18(12-13-4-9-16(24)17(11-13)28-2)29-20(23)22-30(26,27)15-7-5-14(21)6-8-15/h3-9,11-12,24H,1,10H2,2H3. The van der Waals surface area contributed by atoms with Crippen molar-refractivity contribution in [2.75, 3.05) is 13.7 Å². The minimum Gasteiger partial charge on any atom is -0.504 e. The second-order valence-electron chi connectivity index (χ2n) is 6.05. The number of hydrogen-bond donors (Lipinski definition) is 1. The normalized spacial score (nSPS) is 17.0. The van der Waals surface area contributed by atoms with Gasteiger partial charge in [0.1, 0.15) is 5.82 Å². The topological polar surface area (TPSA) is 96.3 Å². The predicted molar refractivity (Wildman–Crippen MR) is 113 cm³/mol. The number of thioether (sulfide) groups is 1. The van der Waals surface area contributed by atoms with Gasteiger partial charge in [0.2, 0.25) is 0 Å². The molecule has 2 aromatic carbocycles. The molecule has 1 fully saturated rings. The van der Waals surface area contributed by atoms with Crippen LogP contribution >= 0.6 is 11.8 Å². The van der Waals surface area contributed by atoms with Gasteiger partial charge in [0.15, 0.2) is 16.7 Å². The molecule has 3 rings (SSSR count). The molecule has 0 unspecified atom stereocenters. The van der Waals surface area contributed by atoms with Crippen LogP contribution < -0.4 is 4.74 Å². The first-order valence-corrected chi connectivity index (χ1v) is 10.8. The van der Waals surface area contributed by atoms with Crippen molar-refractivity contribution in [1.29, 1.82) is 0 Å². The van der Waals surface area contributed by atoms with E-state index in [4.69, 9.17) is 4.74 Å². The molecule has 1 saturated heterocycles. The second-order valence-corrected chi connectivity index (χ2v) is 8.66. The molecule has 0 radical (unpaired) electrons. The number of benzene rings is 2. The van der Waals surface area contributed by atoms with Gasteiger partial charge in [-0.15, -0.1) is 11.0 Å². The van der Waals surface area contributed by atoms with Gasteiger partial charge in [0, 0.05) is 6.54 Å². The smallest absolute Gasteiger partial charge is 0.284 e. The average Bonchev–Trinajstić information content (AvgIpc) is 2.98. The monoisotopic (exact) mass is 448 g/mol. The first kappa shape index (κ1) is 21.6. The molecule has 1 heterocycles. The van der Waals surface area contributed by atoms with Gasteiger partial charge in [0.25, 0.3) is 15.9 Å². The number of phenolic OH excluding ortho intramolecular Hbond substituents is 1. The molecule has 156 valence electrons. The molecule has 1 aliphatic rings. The first-order chi connectivity index (χ1) is 14.2. The van der Waals surface area contributed by atoms with Crippen LogP contribution in [0.15, 0.2) is 69.3 Å². The molecule has 2 aromatic rings. The SMILES string of the molecule is C=CCN1C(=O)C(=Cc2ccc(O)c(OC)c2)SC1=NS(=O)(=O)c1ccc(F)cc1. The van der Waals surface area contributed by atoms with E-state index in [-0.39, 0.29) is 33.0 Å². The van der Waals surface area contributed by atoms with Crippen LogP contribution in [0.4, 0.5) is 4.39 Å². The maximum Gasteiger partial charge on any atom is 0.284 e. The van der Waals surface area contributed by atoms with Gasteiger partial charge in [-0.1, -0.05) is 12.1 Å². The van der Waals surface area contributed by atoms with Crippen LogP contribution in [0.5, 0.6) is 11.5 Å². The van der Waals surface area contributed by atoms with Crippen LogP contribution in [-0.4, -0.2) is 43.2 Å². The Labute approximate surface area is 177 Å². The molecule has 10 heteroatoms. The number of ether oxygens (including phenoxy) is 1. The van der Waals surface area contributed by atoms with Crippen LogP contribution in [0.2, 0.25) is 0 Å². The molecule has 1 amide bonds. The molecule has 0 bridgehead atoms. The Balaban J connectivity index is 1.99. The number of carbonyl (C=O) groups excluding carboxylic acids is 1. The summed E-state index contributed by atoms with van der Waals surface area (Å²) in [6.07, 6.45) is 2.99. The Morgan fingerprint density at radius 1 is 1.27 bits per heavy atom. The Hall–Kier alpha value is -3.11. The molecule has 1 aliphatic heterocycles. The summed E-state index contributed by atoms with van der Waals surface area (Å²) in [5.74, 6) is -0.837. The molecule has 0 aliphatic carbocycles. The van der Waals surface area contributed by atoms with Gasteiger partial charge in [-0.2, -0.15) is 8.42 Å². The molecule has 0 spiro atoms. The minimum atomic E-state index is -4.16. The van der Waals surface area contributed by atoms with Crippen LogP contribution in [0.3, 0.4) is 0 Å². The summed E-state index contributed by atoms with van der Waals surface area (Å²) in [4.78, 5) is 14.0. The first-order valence-electron chi connectivity index (χ1n) is 8.55. The average molecular weight is 448 g/mol. The highest BCUT2D eigenvalue weighted by atomic mass is 32.2. The Kier molecular flexibility index (Phi) is 6.28. The number of amides is 1. The lowest BCUT2D eigenvalue weighted by molar-refractivity contribution is -0.121. The number of carbonyl (C=O) groups is 1. The lowest BCUT2D eigenvalue weighted by Gasteiger charge is -2.12. The third-order valence-electron chi connectivity index (χ3n) is 4.01. The number of amidine groups is 1. The van der Waals surface area contributed by atoms with Crippen molar-refractivity contribution in [2.45, 2.75) is 4.90 Å². The van der Waals surface area contributed by atoms with Gasteiger partial charge in [-0.25, -0.2) is 4.39 Å². The number of hydrogen-bond acceptors (Lipinski definition) is 6. The van der Waals surface area contributed by atoms with E-state index in [9.17, 15) is 22.7 Å². The van der Waals surface area contributed by atoms with E-state index in [1.165, 1.54) is 30.2 Å². The fourth-order valence-electron chi connectivity index (χ4n) is 2.56. The Morgan fingerprint density at radius 3 is 2.60 bits per heavy atom. The fourth-order valence-corrected chi connectivity index (χ4v) is 4.75. The number of halogens is 1. The van der Waals surface area contributed by atoms with Crippen molar-refractivity contribution in [1.82, 2.24) is 4.90 Å². The molecular weight excluding hydrogens is 431 g/mol. The maximum atomic E-state index is 13.1. The van der Waals surface area contributed by atoms with E-state index in [0.717, 1.165) is 36.0 Å². The maximum absolute atomic E-state index is 13.1. The summed E-state index contributed by atoms with van der Waals surface area (Å²) in [6, 6.07) is 8.79. The number of rotatable bonds is 6. The van der Waals surface area contributed by atoms with Crippen molar-refractivity contribution in [2.24, 2.45) is 4.40 Å². The molecule has 0 saturated carbocycles. The number of methoxy groups -OCH3 is 1. The van der Waals surface area contributed by atoms with Gasteiger partial charge >= 0.3 is 0 Å². The molecule has 30 heavy (non-hydrogen) atoms. The lowest BCUT2D eigenvalue weighted by atomic mass is 10.2. The molecule has 1 N–H and O–H groups in total. The highest BCUT2D eigenvalue weighted by molar-refractivity contribution is 8.19. The molecule has 7 nitrogen and oxygen atoms in total. The summed E-state index contributed by atoms with van der Waals surface area (Å²) >= 11 is 0.887. The zero-order valence-electron chi connectivity index (χ0n) is 15.8. The van der Waals surface area contributed by atoms with E-state index in [1.54, 1.807) is 12.1 Å². The molecular formula is C20H17FN2O5S2. The Bertz CT molecular complexity index is 1160. The van der Waals surface area contributed by atoms with Crippen LogP contribution in [0.1, 0.15) is 5.56 Å². The van der Waals surface area contributed by atoms with Gasteiger partial charge in [0.05, 0.1) is 16.9 Å². The Morgan fingerprint density at radius 2 is 1.97 bits per heavy atom. The summed E-state index contributed by atoms with van der Waals surface area (Å²) < 4.78 is 47.1. The lowest BCUT2D eigenvalue weighted by Crippen LogP contribution is -2.29. The number of phenols is 1. The number of nitrogens with zero attached hydrogens (tertiary/aromatic N) is 2. The van der Waals surface area contributed by atoms with Crippen LogP contribution in [-0.2, 0) is 14.8 Å².